The minimum Gasteiger partial charge on any atom is -0.496 e. The van der Waals surface area contributed by atoms with Gasteiger partial charge >= 0.3 is 0 Å². The normalized spacial score (nSPS) is 14.3. The smallest absolute Gasteiger partial charge is 0.129 e. The van der Waals surface area contributed by atoms with Crippen LogP contribution in [0.4, 0.5) is 0 Å². The average Bonchev–Trinajstić information content (AvgIpc) is 0.827. The molecule has 0 unspecified atom stereocenters. The van der Waals surface area contributed by atoms with E-state index in [1.54, 1.807) is 151 Å². The van der Waals surface area contributed by atoms with Crippen molar-refractivity contribution in [3.8, 4) is 46.0 Å². The molecule has 0 saturated carbocycles. The van der Waals surface area contributed by atoms with Gasteiger partial charge in [-0.3, -0.25) is 0 Å². The number of hydrogen-bond acceptors (Lipinski definition) is 24. The fourth-order valence-electron chi connectivity index (χ4n) is 12.7. The third-order valence-corrected chi connectivity index (χ3v) is 23.0. The highest BCUT2D eigenvalue weighted by Crippen LogP contribution is 2.41. The lowest BCUT2D eigenvalue weighted by Crippen LogP contribution is -2.07. The molecule has 0 N–H and O–H groups in total. The summed E-state index contributed by atoms with van der Waals surface area (Å²) >= 11 is 13.4. The SMILES string of the molecule is COc1c2cc(SC)cc1COCc1cc(SC)cc(c1OC)COCc1cc(SC)cc(c1OC)COCc1cc(SC)cc(c1OC)COC2.COc1c2cc(SC)cc1COCc1cc(SC)cc(c1OC)COCc1cc(SC)cc(c1OC)COCc1cc(SC)cc(c1OC)COC2. The van der Waals surface area contributed by atoms with Crippen molar-refractivity contribution in [1.29, 1.82) is 0 Å². The Bertz CT molecular complexity index is 3170. The van der Waals surface area contributed by atoms with Gasteiger partial charge in [0.05, 0.1) is 163 Å². The lowest BCUT2D eigenvalue weighted by atomic mass is 10.1. The summed E-state index contributed by atoms with van der Waals surface area (Å²) < 4.78 is 98.9. The van der Waals surface area contributed by atoms with Gasteiger partial charge in [0.15, 0.2) is 0 Å². The van der Waals surface area contributed by atoms with E-state index in [0.29, 0.717) is 106 Å². The molecule has 0 atom stereocenters. The largest absolute Gasteiger partial charge is 0.496 e. The Labute approximate surface area is 648 Å². The first kappa shape index (κ1) is 82.7. The highest BCUT2D eigenvalue weighted by atomic mass is 32.2. The summed E-state index contributed by atoms with van der Waals surface area (Å²) in [5.41, 5.74) is 15.2. The number of methoxy groups -OCH3 is 8. The zero-order valence-electron chi connectivity index (χ0n) is 62.3. The van der Waals surface area contributed by atoms with Gasteiger partial charge in [0.1, 0.15) is 46.0 Å². The van der Waals surface area contributed by atoms with Crippen LogP contribution in [-0.4, -0.2) is 107 Å². The van der Waals surface area contributed by atoms with E-state index >= 15 is 0 Å². The van der Waals surface area contributed by atoms with Crippen molar-refractivity contribution in [2.24, 2.45) is 0 Å². The summed E-state index contributed by atoms with van der Waals surface area (Å²) in [4.78, 5) is 8.84. The number of benzene rings is 8. The zero-order chi connectivity index (χ0) is 74.1. The van der Waals surface area contributed by atoms with Crippen LogP contribution in [0.2, 0.25) is 0 Å². The topological polar surface area (TPSA) is 148 Å². The molecule has 0 amide bonds. The molecule has 0 fully saturated rings. The van der Waals surface area contributed by atoms with Crippen molar-refractivity contribution in [3.05, 3.63) is 186 Å². The van der Waals surface area contributed by atoms with Gasteiger partial charge in [-0.05, 0) is 147 Å². The van der Waals surface area contributed by atoms with Crippen LogP contribution in [0.25, 0.3) is 0 Å². The molecule has 2 aliphatic heterocycles. The van der Waals surface area contributed by atoms with Crippen molar-refractivity contribution < 1.29 is 75.8 Å². The second kappa shape index (κ2) is 42.4. The molecule has 24 heteroatoms. The first-order valence-electron chi connectivity index (χ1n) is 33.3. The Morgan fingerprint density at radius 3 is 0.298 bits per heavy atom. The number of hydrogen-bond donors (Lipinski definition) is 0. The molecule has 0 saturated heterocycles. The fourth-order valence-corrected chi connectivity index (χ4v) is 16.9. The lowest BCUT2D eigenvalue weighted by Gasteiger charge is -2.20. The van der Waals surface area contributed by atoms with E-state index in [1.165, 1.54) is 0 Å². The molecule has 10 rings (SSSR count). The van der Waals surface area contributed by atoms with E-state index in [1.807, 2.05) is 0 Å². The fraction of sp³-hybridized carbons (Fsp3) is 0.400. The van der Waals surface area contributed by atoms with E-state index in [4.69, 9.17) is 75.8 Å². The molecule has 0 spiro atoms. The van der Waals surface area contributed by atoms with Crippen molar-refractivity contribution in [2.75, 3.05) is 107 Å². The van der Waals surface area contributed by atoms with Crippen molar-refractivity contribution in [3.63, 3.8) is 0 Å². The standard InChI is InChI=1S/2C40H48O8S4/c2*1-41-37-25-9-33(49-5)10-26(37)18-46-20-28-12-35(51-7)14-30(39(28)43-3)22-48-24-32-16-36(52-8)15-31(40(32)44-4)23-47-21-29-13-34(50-6)11-27(19-45-17-25)38(29)42-2/h2*9-16H,17-24H2,1-8H3. The molecule has 2 aliphatic rings. The van der Waals surface area contributed by atoms with Crippen molar-refractivity contribution in [1.82, 2.24) is 0 Å². The molecule has 8 aromatic rings. The monoisotopic (exact) mass is 1570 g/mol. The minimum absolute atomic E-state index is 0.351. The van der Waals surface area contributed by atoms with Crippen molar-refractivity contribution in [2.45, 2.75) is 145 Å². The molecule has 16 nitrogen and oxygen atoms in total. The van der Waals surface area contributed by atoms with Crippen LogP contribution in [-0.2, 0) is 144 Å². The second-order valence-electron chi connectivity index (χ2n) is 23.8. The second-order valence-corrected chi connectivity index (χ2v) is 30.8. The van der Waals surface area contributed by atoms with Gasteiger partial charge in [-0.1, -0.05) is 0 Å². The molecule has 560 valence electrons. The third kappa shape index (κ3) is 21.5. The first-order chi connectivity index (χ1) is 50.8. The summed E-state index contributed by atoms with van der Waals surface area (Å²) in [6.45, 7) is 5.62. The summed E-state index contributed by atoms with van der Waals surface area (Å²) in [5, 5.41) is 0. The molecule has 8 aromatic carbocycles. The van der Waals surface area contributed by atoms with E-state index in [2.05, 4.69) is 147 Å². The van der Waals surface area contributed by atoms with Crippen LogP contribution in [0, 0.1) is 0 Å². The van der Waals surface area contributed by atoms with Crippen molar-refractivity contribution >= 4 is 94.1 Å². The molecular formula is C80H96O16S8. The summed E-state index contributed by atoms with van der Waals surface area (Å²) in [6.07, 6.45) is 16.5. The van der Waals surface area contributed by atoms with E-state index < -0.39 is 0 Å². The van der Waals surface area contributed by atoms with Crippen LogP contribution < -0.4 is 37.9 Å². The van der Waals surface area contributed by atoms with Crippen LogP contribution >= 0.6 is 94.1 Å². The van der Waals surface area contributed by atoms with Gasteiger partial charge in [0.25, 0.3) is 0 Å². The van der Waals surface area contributed by atoms with Crippen LogP contribution in [0.15, 0.2) is 136 Å². The Morgan fingerprint density at radius 1 is 0.163 bits per heavy atom. The Hall–Kier alpha value is -5.36. The summed E-state index contributed by atoms with van der Waals surface area (Å²) in [6, 6.07) is 33.9. The molecule has 0 aliphatic carbocycles. The molecule has 2 heterocycles. The predicted molar refractivity (Wildman–Crippen MR) is 426 cm³/mol. The van der Waals surface area contributed by atoms with E-state index in [-0.39, 0.29) is 0 Å². The van der Waals surface area contributed by atoms with E-state index in [0.717, 1.165) is 174 Å². The summed E-state index contributed by atoms with van der Waals surface area (Å²) in [7, 11) is 13.5. The quantitative estimate of drug-likeness (QED) is 0.0844. The molecule has 104 heavy (non-hydrogen) atoms. The zero-order valence-corrected chi connectivity index (χ0v) is 68.9. The number of ether oxygens (including phenoxy) is 16. The van der Waals surface area contributed by atoms with E-state index in [9.17, 15) is 0 Å². The molecule has 0 radical (unpaired) electrons. The summed E-state index contributed by atoms with van der Waals surface area (Å²) in [5.74, 6) is 6.06. The van der Waals surface area contributed by atoms with Gasteiger partial charge < -0.3 is 75.8 Å². The van der Waals surface area contributed by atoms with Gasteiger partial charge in [-0.25, -0.2) is 0 Å². The number of thioether (sulfide) groups is 8. The average molecular weight is 1570 g/mol. The van der Waals surface area contributed by atoms with Crippen LogP contribution in [0.1, 0.15) is 89.0 Å². The third-order valence-electron chi connectivity index (χ3n) is 17.4. The number of rotatable bonds is 16. The highest BCUT2D eigenvalue weighted by molar-refractivity contribution is 8.00. The Balaban J connectivity index is 0.000000241. The van der Waals surface area contributed by atoms with Crippen LogP contribution in [0.5, 0.6) is 46.0 Å². The number of fused-ring (bicyclic) bond motifs is 16. The predicted octanol–water partition coefficient (Wildman–Crippen LogP) is 19.6. The van der Waals surface area contributed by atoms with Gasteiger partial charge in [-0.15, -0.1) is 94.1 Å². The Morgan fingerprint density at radius 2 is 0.240 bits per heavy atom. The molecule has 16 bridgehead atoms. The maximum atomic E-state index is 6.39. The maximum Gasteiger partial charge on any atom is 0.129 e. The maximum absolute atomic E-state index is 6.39. The highest BCUT2D eigenvalue weighted by Gasteiger charge is 2.24. The van der Waals surface area contributed by atoms with Gasteiger partial charge in [0, 0.05) is 128 Å². The first-order valence-corrected chi connectivity index (χ1v) is 43.1. The molecule has 0 aromatic heterocycles. The molecular weight excluding hydrogens is 1470 g/mol. The minimum atomic E-state index is 0.351. The lowest BCUT2D eigenvalue weighted by molar-refractivity contribution is 0.0921. The van der Waals surface area contributed by atoms with Gasteiger partial charge in [0.2, 0.25) is 0 Å². The van der Waals surface area contributed by atoms with Gasteiger partial charge in [-0.2, -0.15) is 0 Å². The Kier molecular flexibility index (Phi) is 33.7. The van der Waals surface area contributed by atoms with Crippen LogP contribution in [0.3, 0.4) is 0 Å².